The van der Waals surface area contributed by atoms with Crippen LogP contribution >= 0.6 is 0 Å². The SMILES string of the molecule is CCCCCCCCCCN(CCC(=O)N[C@@H](CCCCNC(=O)OC(C)(C)C)C(=O)N(C)[C@H](C(=O)N[C@@H](C)C(=O)N[C@@H](C)C(=O)O)c1ccc(OC(=O)OC(C)(C)C)c(-c2cc(C)ccc2OC(=O)OC(C)(C)C)c1)C(=O)OC(C)(C)C. The molecule has 0 aliphatic rings. The van der Waals surface area contributed by atoms with Crippen molar-refractivity contribution in [2.45, 2.75) is 234 Å². The van der Waals surface area contributed by atoms with Crippen LogP contribution < -0.4 is 30.7 Å². The molecular weight excluding hydrogens is 1070 g/mol. The van der Waals surface area contributed by atoms with E-state index in [0.29, 0.717) is 24.9 Å². The molecule has 2 aromatic rings. The summed E-state index contributed by atoms with van der Waals surface area (Å²) in [4.78, 5) is 125. The Bertz CT molecular complexity index is 2510. The standard InChI is InChI=1S/C61H96N6O16/c1-18-19-20-21-22-23-24-27-35-67(55(75)81-59(8,9)10)36-33-48(68)65-45(28-25-26-34-62-54(74)80-58(5,6)7)52(71)66(17)49(51(70)63-40(3)50(69)64-41(4)53(72)73)42-30-32-47(79-57(77)83-61(14,15)16)44(38-42)43-37-39(2)29-31-46(43)78-56(76)82-60(11,12)13/h29-32,37-38,40-41,45,49H,18-28,33-36H2,1-17H3,(H,62,74)(H,63,70)(H,64,69)(H,65,68)(H,72,73)/t40-,41-,45-,49-/m0/s1. The van der Waals surface area contributed by atoms with Crippen LogP contribution in [0.5, 0.6) is 11.5 Å². The number of carboxylic acids is 1. The number of aliphatic carboxylic acids is 1. The van der Waals surface area contributed by atoms with Crippen molar-refractivity contribution in [3.05, 3.63) is 47.5 Å². The summed E-state index contributed by atoms with van der Waals surface area (Å²) in [7, 11) is 1.32. The molecule has 22 nitrogen and oxygen atoms in total. The molecule has 0 bridgehead atoms. The van der Waals surface area contributed by atoms with Crippen molar-refractivity contribution in [3.8, 4) is 22.6 Å². The second kappa shape index (κ2) is 33.2. The summed E-state index contributed by atoms with van der Waals surface area (Å²) >= 11 is 0. The molecule has 5 N–H and O–H groups in total. The van der Waals surface area contributed by atoms with E-state index in [1.807, 2.05) is 0 Å². The van der Waals surface area contributed by atoms with E-state index in [1.54, 1.807) is 102 Å². The van der Waals surface area contributed by atoms with Gasteiger partial charge in [-0.2, -0.15) is 0 Å². The second-order valence-corrected chi connectivity index (χ2v) is 24.8. The largest absolute Gasteiger partial charge is 0.514 e. The lowest BCUT2D eigenvalue weighted by atomic mass is 9.95. The molecule has 0 saturated carbocycles. The predicted octanol–water partition coefficient (Wildman–Crippen LogP) is 10.8. The van der Waals surface area contributed by atoms with Gasteiger partial charge >= 0.3 is 30.5 Å². The lowest BCUT2D eigenvalue weighted by Crippen LogP contribution is -2.54. The zero-order valence-corrected chi connectivity index (χ0v) is 52.3. The monoisotopic (exact) mass is 1170 g/mol. The van der Waals surface area contributed by atoms with Gasteiger partial charge in [-0.15, -0.1) is 0 Å². The molecule has 0 saturated heterocycles. The number of nitrogens with one attached hydrogen (secondary N) is 4. The summed E-state index contributed by atoms with van der Waals surface area (Å²) in [5.41, 5.74) is -2.56. The van der Waals surface area contributed by atoms with E-state index in [1.165, 1.54) is 62.9 Å². The number of aryl methyl sites for hydroxylation is 1. The van der Waals surface area contributed by atoms with E-state index in [2.05, 4.69) is 28.2 Å². The Morgan fingerprint density at radius 3 is 1.61 bits per heavy atom. The molecule has 2 rings (SSSR count). The number of carboxylic acid groups (broad SMARTS) is 1. The van der Waals surface area contributed by atoms with Gasteiger partial charge < -0.3 is 64.6 Å². The Hall–Kier alpha value is -7.13. The second-order valence-electron chi connectivity index (χ2n) is 24.8. The molecule has 0 aromatic heterocycles. The minimum atomic E-state index is -1.66. The van der Waals surface area contributed by atoms with Crippen LogP contribution in [0.2, 0.25) is 0 Å². The number of unbranched alkanes of at least 4 members (excludes halogenated alkanes) is 8. The third kappa shape index (κ3) is 28.6. The van der Waals surface area contributed by atoms with Crippen LogP contribution in [0.25, 0.3) is 11.1 Å². The molecule has 0 fully saturated rings. The summed E-state index contributed by atoms with van der Waals surface area (Å²) in [5, 5.41) is 20.0. The third-order valence-corrected chi connectivity index (χ3v) is 12.1. The molecule has 0 heterocycles. The quantitative estimate of drug-likeness (QED) is 0.0219. The minimum Gasteiger partial charge on any atom is -0.480 e. The van der Waals surface area contributed by atoms with Gasteiger partial charge in [0.05, 0.1) is 0 Å². The van der Waals surface area contributed by atoms with Gasteiger partial charge in [-0.3, -0.25) is 24.0 Å². The first kappa shape index (κ1) is 72.0. The number of rotatable bonds is 29. The Labute approximate surface area is 491 Å². The van der Waals surface area contributed by atoms with Crippen molar-refractivity contribution in [2.75, 3.05) is 26.7 Å². The van der Waals surface area contributed by atoms with Crippen molar-refractivity contribution in [3.63, 3.8) is 0 Å². The normalized spacial score (nSPS) is 13.2. The highest BCUT2D eigenvalue weighted by molar-refractivity contribution is 5.96. The van der Waals surface area contributed by atoms with Gasteiger partial charge in [-0.1, -0.05) is 69.6 Å². The van der Waals surface area contributed by atoms with Crippen molar-refractivity contribution in [1.82, 2.24) is 31.1 Å². The molecule has 466 valence electrons. The number of ether oxygens (including phenoxy) is 6. The Morgan fingerprint density at radius 2 is 1.08 bits per heavy atom. The van der Waals surface area contributed by atoms with Gasteiger partial charge in [0.1, 0.15) is 58.1 Å². The fraction of sp³-hybridized carbons (Fsp3) is 0.656. The van der Waals surface area contributed by atoms with Gasteiger partial charge in [0, 0.05) is 44.2 Å². The van der Waals surface area contributed by atoms with Gasteiger partial charge in [0.2, 0.25) is 23.6 Å². The number of carbonyl (C=O) groups excluding carboxylic acids is 8. The topological polar surface area (TPSA) is 284 Å². The fourth-order valence-electron chi connectivity index (χ4n) is 8.16. The Balaban J connectivity index is 2.84. The van der Waals surface area contributed by atoms with Gasteiger partial charge in [-0.05, 0) is 159 Å². The molecule has 0 unspecified atom stereocenters. The van der Waals surface area contributed by atoms with Crippen LogP contribution in [0, 0.1) is 6.92 Å². The van der Waals surface area contributed by atoms with E-state index in [9.17, 15) is 43.5 Å². The van der Waals surface area contributed by atoms with E-state index in [-0.39, 0.29) is 60.5 Å². The number of likely N-dealkylation sites (N-methyl/N-ethyl adjacent to an activating group) is 1. The molecule has 0 spiro atoms. The molecule has 2 aromatic carbocycles. The van der Waals surface area contributed by atoms with Crippen molar-refractivity contribution in [1.29, 1.82) is 0 Å². The zero-order valence-electron chi connectivity index (χ0n) is 52.3. The molecule has 0 aliphatic carbocycles. The number of benzene rings is 2. The van der Waals surface area contributed by atoms with E-state index in [4.69, 9.17) is 28.4 Å². The Kier molecular flexibility index (Phi) is 28.8. The van der Waals surface area contributed by atoms with E-state index in [0.717, 1.165) is 37.0 Å². The maximum Gasteiger partial charge on any atom is 0.514 e. The maximum absolute atomic E-state index is 15.2. The number of hydrogen-bond donors (Lipinski definition) is 5. The van der Waals surface area contributed by atoms with Gasteiger partial charge in [0.15, 0.2) is 0 Å². The lowest BCUT2D eigenvalue weighted by molar-refractivity contribution is -0.143. The van der Waals surface area contributed by atoms with Crippen LogP contribution in [0.3, 0.4) is 0 Å². The van der Waals surface area contributed by atoms with Crippen LogP contribution in [0.15, 0.2) is 36.4 Å². The number of alkyl carbamates (subject to hydrolysis) is 1. The third-order valence-electron chi connectivity index (χ3n) is 12.1. The van der Waals surface area contributed by atoms with Crippen LogP contribution in [0.1, 0.15) is 198 Å². The molecule has 0 radical (unpaired) electrons. The van der Waals surface area contributed by atoms with E-state index < -0.39 is 101 Å². The van der Waals surface area contributed by atoms with E-state index >= 15 is 4.79 Å². The first-order chi connectivity index (χ1) is 38.4. The summed E-state index contributed by atoms with van der Waals surface area (Å²) in [6.07, 6.45) is 5.18. The minimum absolute atomic E-state index is 0.0122. The van der Waals surface area contributed by atoms with Gasteiger partial charge in [0.25, 0.3) is 0 Å². The lowest BCUT2D eigenvalue weighted by Gasteiger charge is -2.32. The molecular formula is C61H96N6O16. The van der Waals surface area contributed by atoms with Crippen molar-refractivity contribution in [2.24, 2.45) is 0 Å². The average molecular weight is 1170 g/mol. The first-order valence-electron chi connectivity index (χ1n) is 28.8. The highest BCUT2D eigenvalue weighted by Crippen LogP contribution is 2.40. The molecule has 6 amide bonds. The number of carbonyl (C=O) groups is 9. The number of nitrogens with zero attached hydrogens (tertiary/aromatic N) is 2. The number of hydrogen-bond acceptors (Lipinski definition) is 15. The Morgan fingerprint density at radius 1 is 0.578 bits per heavy atom. The van der Waals surface area contributed by atoms with Crippen LogP contribution in [-0.2, 0) is 42.9 Å². The number of amides is 6. The smallest absolute Gasteiger partial charge is 0.480 e. The highest BCUT2D eigenvalue weighted by atomic mass is 16.7. The van der Waals surface area contributed by atoms with Gasteiger partial charge in [-0.25, -0.2) is 19.2 Å². The molecule has 22 heteroatoms. The first-order valence-corrected chi connectivity index (χ1v) is 28.8. The molecule has 0 aliphatic heterocycles. The fourth-order valence-corrected chi connectivity index (χ4v) is 8.16. The molecule has 4 atom stereocenters. The van der Waals surface area contributed by atoms with Crippen LogP contribution in [0.4, 0.5) is 19.2 Å². The molecule has 83 heavy (non-hydrogen) atoms. The summed E-state index contributed by atoms with van der Waals surface area (Å²) in [5.74, 6) is -4.69. The predicted molar refractivity (Wildman–Crippen MR) is 314 cm³/mol. The zero-order chi connectivity index (χ0) is 63.0. The highest BCUT2D eigenvalue weighted by Gasteiger charge is 2.36. The maximum atomic E-state index is 15.2. The summed E-state index contributed by atoms with van der Waals surface area (Å²) < 4.78 is 33.6. The van der Waals surface area contributed by atoms with Crippen molar-refractivity contribution >= 4 is 54.1 Å². The average Bonchev–Trinajstić information content (AvgIpc) is 3.53. The van der Waals surface area contributed by atoms with Crippen molar-refractivity contribution < 1.29 is 76.7 Å². The van der Waals surface area contributed by atoms with Crippen LogP contribution in [-0.4, -0.2) is 136 Å². The summed E-state index contributed by atoms with van der Waals surface area (Å²) in [6.45, 7) is 27.2. The summed E-state index contributed by atoms with van der Waals surface area (Å²) in [6, 6.07) is 3.26.